The molecule has 0 amide bonds. The van der Waals surface area contributed by atoms with E-state index >= 15 is 0 Å². The van der Waals surface area contributed by atoms with Gasteiger partial charge in [0.05, 0.1) is 6.61 Å². The van der Waals surface area contributed by atoms with Crippen LogP contribution >= 0.6 is 0 Å². The van der Waals surface area contributed by atoms with E-state index in [0.29, 0.717) is 5.41 Å². The van der Waals surface area contributed by atoms with Crippen LogP contribution < -0.4 is 5.32 Å². The van der Waals surface area contributed by atoms with Crippen LogP contribution in [0.15, 0.2) is 0 Å². The van der Waals surface area contributed by atoms with Gasteiger partial charge in [-0.2, -0.15) is 0 Å². The molecule has 4 nitrogen and oxygen atoms in total. The molecule has 120 valence electrons. The molecule has 0 bridgehead atoms. The molecule has 0 saturated carbocycles. The lowest BCUT2D eigenvalue weighted by Gasteiger charge is -2.37. The molecule has 0 aromatic rings. The lowest BCUT2D eigenvalue weighted by atomic mass is 9.77. The minimum atomic E-state index is 0.351. The quantitative estimate of drug-likeness (QED) is 0.593. The van der Waals surface area contributed by atoms with Gasteiger partial charge >= 0.3 is 0 Å². The van der Waals surface area contributed by atoms with Gasteiger partial charge in [0, 0.05) is 46.6 Å². The van der Waals surface area contributed by atoms with Gasteiger partial charge in [0.1, 0.15) is 0 Å². The van der Waals surface area contributed by atoms with Crippen LogP contribution in [0.25, 0.3) is 0 Å². The lowest BCUT2D eigenvalue weighted by Crippen LogP contribution is -2.41. The highest BCUT2D eigenvalue weighted by molar-refractivity contribution is 4.84. The summed E-state index contributed by atoms with van der Waals surface area (Å²) in [5.74, 6) is 0.725. The first-order valence-electron chi connectivity index (χ1n) is 8.04. The van der Waals surface area contributed by atoms with Gasteiger partial charge in [-0.25, -0.2) is 0 Å². The molecule has 0 spiro atoms. The molecule has 0 aromatic carbocycles. The third-order valence-electron chi connectivity index (χ3n) is 4.15. The normalized spacial score (nSPS) is 18.6. The number of nitrogens with one attached hydrogen (secondary N) is 1. The molecule has 0 unspecified atom stereocenters. The number of hydrogen-bond donors (Lipinski definition) is 1. The Kier molecular flexibility index (Phi) is 9.44. The fraction of sp³-hybridized carbons (Fsp3) is 1.00. The maximum absolute atomic E-state index is 5.81. The van der Waals surface area contributed by atoms with Gasteiger partial charge in [-0.15, -0.1) is 0 Å². The van der Waals surface area contributed by atoms with E-state index in [-0.39, 0.29) is 0 Å². The number of methoxy groups -OCH3 is 1. The Morgan fingerprint density at radius 1 is 1.15 bits per heavy atom. The van der Waals surface area contributed by atoms with E-state index in [2.05, 4.69) is 19.2 Å². The number of hydrogen-bond acceptors (Lipinski definition) is 4. The Labute approximate surface area is 124 Å². The van der Waals surface area contributed by atoms with Gasteiger partial charge in [0.2, 0.25) is 0 Å². The zero-order chi connectivity index (χ0) is 14.7. The molecular formula is C16H33NO3. The summed E-state index contributed by atoms with van der Waals surface area (Å²) in [6.07, 6.45) is 4.57. The highest BCUT2D eigenvalue weighted by Crippen LogP contribution is 2.33. The van der Waals surface area contributed by atoms with Gasteiger partial charge in [0.25, 0.3) is 0 Å². The van der Waals surface area contributed by atoms with Gasteiger partial charge in [-0.1, -0.05) is 13.8 Å². The maximum atomic E-state index is 5.81. The van der Waals surface area contributed by atoms with Crippen molar-refractivity contribution in [3.63, 3.8) is 0 Å². The largest absolute Gasteiger partial charge is 0.383 e. The van der Waals surface area contributed by atoms with Crippen LogP contribution in [0.4, 0.5) is 0 Å². The third-order valence-corrected chi connectivity index (χ3v) is 4.15. The summed E-state index contributed by atoms with van der Waals surface area (Å²) in [6.45, 7) is 10.8. The first kappa shape index (κ1) is 17.9. The summed E-state index contributed by atoms with van der Waals surface area (Å²) < 4.78 is 16.4. The van der Waals surface area contributed by atoms with Crippen molar-refractivity contribution in [3.8, 4) is 0 Å². The molecule has 1 saturated heterocycles. The minimum absolute atomic E-state index is 0.351. The zero-order valence-electron chi connectivity index (χ0n) is 13.6. The Bertz CT molecular complexity index is 228. The van der Waals surface area contributed by atoms with Crippen molar-refractivity contribution in [2.45, 2.75) is 39.5 Å². The van der Waals surface area contributed by atoms with Gasteiger partial charge < -0.3 is 19.5 Å². The first-order chi connectivity index (χ1) is 9.68. The fourth-order valence-corrected chi connectivity index (χ4v) is 2.56. The monoisotopic (exact) mass is 287 g/mol. The summed E-state index contributed by atoms with van der Waals surface area (Å²) in [5, 5.41) is 3.52. The molecule has 1 rings (SSSR count). The average molecular weight is 287 g/mol. The van der Waals surface area contributed by atoms with Crippen molar-refractivity contribution in [1.82, 2.24) is 5.32 Å². The molecule has 20 heavy (non-hydrogen) atoms. The predicted molar refractivity (Wildman–Crippen MR) is 82.1 cm³/mol. The second-order valence-corrected chi connectivity index (χ2v) is 6.33. The first-order valence-corrected chi connectivity index (χ1v) is 8.04. The summed E-state index contributed by atoms with van der Waals surface area (Å²) >= 11 is 0. The summed E-state index contributed by atoms with van der Waals surface area (Å²) in [6, 6.07) is 0. The van der Waals surface area contributed by atoms with Gasteiger partial charge in [0.15, 0.2) is 0 Å². The second-order valence-electron chi connectivity index (χ2n) is 6.33. The van der Waals surface area contributed by atoms with Gasteiger partial charge in [-0.3, -0.25) is 0 Å². The highest BCUT2D eigenvalue weighted by atomic mass is 16.5. The molecular weight excluding hydrogens is 254 g/mol. The van der Waals surface area contributed by atoms with Crippen LogP contribution in [0.1, 0.15) is 39.5 Å². The maximum Gasteiger partial charge on any atom is 0.0587 e. The van der Waals surface area contributed by atoms with E-state index in [0.717, 1.165) is 77.7 Å². The van der Waals surface area contributed by atoms with Crippen molar-refractivity contribution in [3.05, 3.63) is 0 Å². The Balaban J connectivity index is 2.23. The molecule has 1 N–H and O–H groups in total. The minimum Gasteiger partial charge on any atom is -0.383 e. The standard InChI is InChI=1S/C16H33NO3/c1-15(2)4-9-19-10-5-16(6-11-20-12-7-16)14-17-8-13-18-3/h15,17H,4-14H2,1-3H3. The van der Waals surface area contributed by atoms with Crippen molar-refractivity contribution in [1.29, 1.82) is 0 Å². The van der Waals surface area contributed by atoms with Crippen molar-refractivity contribution in [2.75, 3.05) is 53.2 Å². The predicted octanol–water partition coefficient (Wildman–Crippen LogP) is 2.47. The molecule has 1 heterocycles. The van der Waals surface area contributed by atoms with E-state index in [4.69, 9.17) is 14.2 Å². The van der Waals surface area contributed by atoms with Crippen molar-refractivity contribution < 1.29 is 14.2 Å². The highest BCUT2D eigenvalue weighted by Gasteiger charge is 2.31. The smallest absolute Gasteiger partial charge is 0.0587 e. The molecule has 0 aliphatic carbocycles. The van der Waals surface area contributed by atoms with E-state index in [1.165, 1.54) is 0 Å². The topological polar surface area (TPSA) is 39.7 Å². The van der Waals surface area contributed by atoms with E-state index < -0.39 is 0 Å². The molecule has 0 atom stereocenters. The molecule has 1 aliphatic heterocycles. The third kappa shape index (κ3) is 7.58. The van der Waals surface area contributed by atoms with Crippen LogP contribution in [-0.2, 0) is 14.2 Å². The van der Waals surface area contributed by atoms with Crippen LogP contribution in [-0.4, -0.2) is 53.2 Å². The molecule has 1 aliphatic rings. The summed E-state index contributed by atoms with van der Waals surface area (Å²) in [5.41, 5.74) is 0.351. The average Bonchev–Trinajstić information content (AvgIpc) is 2.44. The molecule has 1 fully saturated rings. The van der Waals surface area contributed by atoms with E-state index in [1.54, 1.807) is 7.11 Å². The lowest BCUT2D eigenvalue weighted by molar-refractivity contribution is -0.00744. The van der Waals surface area contributed by atoms with E-state index in [9.17, 15) is 0 Å². The SMILES string of the molecule is COCCNCC1(CCOCCC(C)C)CCOCC1. The molecule has 4 heteroatoms. The van der Waals surface area contributed by atoms with E-state index in [1.807, 2.05) is 0 Å². The van der Waals surface area contributed by atoms with Crippen LogP contribution in [0.2, 0.25) is 0 Å². The summed E-state index contributed by atoms with van der Waals surface area (Å²) in [4.78, 5) is 0. The number of rotatable bonds is 11. The molecule has 0 aromatic heterocycles. The zero-order valence-corrected chi connectivity index (χ0v) is 13.6. The Morgan fingerprint density at radius 3 is 2.55 bits per heavy atom. The van der Waals surface area contributed by atoms with Crippen molar-refractivity contribution >= 4 is 0 Å². The second kappa shape index (κ2) is 10.6. The van der Waals surface area contributed by atoms with Crippen molar-refractivity contribution in [2.24, 2.45) is 11.3 Å². The van der Waals surface area contributed by atoms with Gasteiger partial charge in [-0.05, 0) is 37.0 Å². The van der Waals surface area contributed by atoms with Crippen LogP contribution in [0.3, 0.4) is 0 Å². The van der Waals surface area contributed by atoms with Crippen LogP contribution in [0.5, 0.6) is 0 Å². The summed E-state index contributed by atoms with van der Waals surface area (Å²) in [7, 11) is 1.74. The molecule has 0 radical (unpaired) electrons. The fourth-order valence-electron chi connectivity index (χ4n) is 2.56. The number of ether oxygens (including phenoxy) is 3. The van der Waals surface area contributed by atoms with Crippen LogP contribution in [0, 0.1) is 11.3 Å². The Hall–Kier alpha value is -0.160. The Morgan fingerprint density at radius 2 is 1.90 bits per heavy atom.